The fraction of sp³-hybridized carbons (Fsp3) is 1.00. The molecule has 128 valence electrons. The van der Waals surface area contributed by atoms with E-state index in [0.29, 0.717) is 10.8 Å². The molecule has 0 spiro atoms. The maximum Gasteiger partial charge on any atom is -0.00487 e. The molecule has 0 aromatic carbocycles. The average molecular weight is 298 g/mol. The second kappa shape index (κ2) is 11.5. The summed E-state index contributed by atoms with van der Waals surface area (Å²) >= 11 is 0. The zero-order valence-electron chi connectivity index (χ0n) is 16.0. The zero-order valence-corrected chi connectivity index (χ0v) is 16.0. The van der Waals surface area contributed by atoms with E-state index in [9.17, 15) is 0 Å². The summed E-state index contributed by atoms with van der Waals surface area (Å²) in [6.07, 6.45) is 13.5. The van der Waals surface area contributed by atoms with Crippen LogP contribution in [0.3, 0.4) is 0 Å². The number of nitrogens with one attached hydrogen (secondary N) is 1. The molecule has 0 saturated heterocycles. The molecule has 0 aromatic rings. The third kappa shape index (κ3) is 7.17. The van der Waals surface area contributed by atoms with E-state index in [1.807, 2.05) is 0 Å². The molecule has 0 saturated carbocycles. The summed E-state index contributed by atoms with van der Waals surface area (Å²) < 4.78 is 0. The Morgan fingerprint density at radius 1 is 0.524 bits per heavy atom. The van der Waals surface area contributed by atoms with Crippen LogP contribution in [-0.2, 0) is 0 Å². The van der Waals surface area contributed by atoms with Gasteiger partial charge in [0.25, 0.3) is 0 Å². The molecule has 0 fully saturated rings. The largest absolute Gasteiger partial charge is 0.317 e. The van der Waals surface area contributed by atoms with Crippen LogP contribution in [0.25, 0.3) is 0 Å². The Balaban J connectivity index is 3.78. The highest BCUT2D eigenvalue weighted by Gasteiger charge is 2.23. The van der Waals surface area contributed by atoms with Gasteiger partial charge in [0, 0.05) is 0 Å². The van der Waals surface area contributed by atoms with Crippen LogP contribution in [0.4, 0.5) is 0 Å². The van der Waals surface area contributed by atoms with Crippen molar-refractivity contribution in [1.29, 1.82) is 0 Å². The molecule has 1 N–H and O–H groups in total. The Morgan fingerprint density at radius 2 is 0.810 bits per heavy atom. The summed E-state index contributed by atoms with van der Waals surface area (Å²) in [7, 11) is 0. The predicted octanol–water partition coefficient (Wildman–Crippen LogP) is 6.57. The molecule has 0 amide bonds. The molecule has 1 heteroatoms. The minimum atomic E-state index is 0.615. The van der Waals surface area contributed by atoms with Crippen LogP contribution < -0.4 is 5.32 Å². The summed E-state index contributed by atoms with van der Waals surface area (Å²) in [5, 5.41) is 3.68. The van der Waals surface area contributed by atoms with Crippen LogP contribution in [-0.4, -0.2) is 13.1 Å². The van der Waals surface area contributed by atoms with Gasteiger partial charge in [-0.25, -0.2) is 0 Å². The first kappa shape index (κ1) is 21.0. The highest BCUT2D eigenvalue weighted by Crippen LogP contribution is 2.36. The minimum Gasteiger partial charge on any atom is -0.317 e. The molecular formula is C20H43N. The molecule has 0 aliphatic heterocycles. The maximum absolute atomic E-state index is 3.68. The van der Waals surface area contributed by atoms with Gasteiger partial charge in [-0.15, -0.1) is 0 Å². The second-order valence-electron chi connectivity index (χ2n) is 7.08. The molecule has 21 heavy (non-hydrogen) atoms. The molecule has 0 rings (SSSR count). The lowest BCUT2D eigenvalue weighted by Gasteiger charge is -2.31. The normalized spacial score (nSPS) is 12.9. The van der Waals surface area contributed by atoms with Gasteiger partial charge >= 0.3 is 0 Å². The third-order valence-electron chi connectivity index (χ3n) is 6.62. The van der Waals surface area contributed by atoms with Crippen LogP contribution in [0.5, 0.6) is 0 Å². The topological polar surface area (TPSA) is 12.0 Å². The van der Waals surface area contributed by atoms with Gasteiger partial charge in [0.1, 0.15) is 0 Å². The van der Waals surface area contributed by atoms with Crippen LogP contribution in [0, 0.1) is 10.8 Å². The zero-order chi connectivity index (χ0) is 16.2. The number of hydrogen-bond acceptors (Lipinski definition) is 1. The van der Waals surface area contributed by atoms with Crippen LogP contribution in [0.1, 0.15) is 106 Å². The summed E-state index contributed by atoms with van der Waals surface area (Å²) in [5.41, 5.74) is 1.23. The summed E-state index contributed by atoms with van der Waals surface area (Å²) in [4.78, 5) is 0. The molecule has 0 radical (unpaired) electrons. The van der Waals surface area contributed by atoms with Crippen molar-refractivity contribution in [1.82, 2.24) is 5.32 Å². The number of rotatable bonds is 14. The third-order valence-corrected chi connectivity index (χ3v) is 6.62. The van der Waals surface area contributed by atoms with Crippen molar-refractivity contribution < 1.29 is 0 Å². The van der Waals surface area contributed by atoms with Gasteiger partial charge in [0.15, 0.2) is 0 Å². The fourth-order valence-corrected chi connectivity index (χ4v) is 3.86. The van der Waals surface area contributed by atoms with Gasteiger partial charge < -0.3 is 5.32 Å². The number of hydrogen-bond donors (Lipinski definition) is 1. The first-order valence-electron chi connectivity index (χ1n) is 9.78. The molecule has 0 atom stereocenters. The van der Waals surface area contributed by atoms with Gasteiger partial charge in [-0.2, -0.15) is 0 Å². The molecule has 0 heterocycles. The lowest BCUT2D eigenvalue weighted by Crippen LogP contribution is -2.24. The Bertz CT molecular complexity index is 185. The smallest absolute Gasteiger partial charge is 0.00487 e. The fourth-order valence-electron chi connectivity index (χ4n) is 3.86. The SMILES string of the molecule is CCC(CC)(CC)CCCNCCCC(CC)(CC)CC. The molecule has 1 nitrogen and oxygen atoms in total. The molecule has 0 bridgehead atoms. The lowest BCUT2D eigenvalue weighted by atomic mass is 9.76. The van der Waals surface area contributed by atoms with Crippen molar-refractivity contribution >= 4 is 0 Å². The van der Waals surface area contributed by atoms with Crippen molar-refractivity contribution in [3.05, 3.63) is 0 Å². The first-order valence-corrected chi connectivity index (χ1v) is 9.78. The van der Waals surface area contributed by atoms with Gasteiger partial charge in [-0.05, 0) is 49.6 Å². The Kier molecular flexibility index (Phi) is 11.5. The van der Waals surface area contributed by atoms with Crippen molar-refractivity contribution in [3.8, 4) is 0 Å². The summed E-state index contributed by atoms with van der Waals surface area (Å²) in [6, 6.07) is 0. The van der Waals surface area contributed by atoms with E-state index >= 15 is 0 Å². The van der Waals surface area contributed by atoms with Gasteiger partial charge in [-0.3, -0.25) is 0 Å². The molecule has 0 aromatic heterocycles. The molecule has 0 aliphatic carbocycles. The lowest BCUT2D eigenvalue weighted by molar-refractivity contribution is 0.216. The standard InChI is InChI=1S/C20H43N/c1-7-19(8-2,9-3)15-13-17-21-18-14-16-20(10-4,11-5)12-6/h21H,7-18H2,1-6H3. The first-order chi connectivity index (χ1) is 10.1. The van der Waals surface area contributed by atoms with E-state index in [2.05, 4.69) is 46.9 Å². The van der Waals surface area contributed by atoms with E-state index in [1.54, 1.807) is 0 Å². The Morgan fingerprint density at radius 3 is 1.05 bits per heavy atom. The Labute approximate surface area is 135 Å². The van der Waals surface area contributed by atoms with E-state index in [-0.39, 0.29) is 0 Å². The summed E-state index contributed by atoms with van der Waals surface area (Å²) in [5.74, 6) is 0. The molecule has 0 aliphatic rings. The maximum atomic E-state index is 3.68. The van der Waals surface area contributed by atoms with E-state index in [4.69, 9.17) is 0 Å². The van der Waals surface area contributed by atoms with Gasteiger partial charge in [0.05, 0.1) is 0 Å². The van der Waals surface area contributed by atoms with E-state index < -0.39 is 0 Å². The van der Waals surface area contributed by atoms with Crippen LogP contribution >= 0.6 is 0 Å². The van der Waals surface area contributed by atoms with E-state index in [1.165, 1.54) is 77.3 Å². The Hall–Kier alpha value is -0.0400. The van der Waals surface area contributed by atoms with Crippen molar-refractivity contribution in [3.63, 3.8) is 0 Å². The van der Waals surface area contributed by atoms with Crippen molar-refractivity contribution in [2.75, 3.05) is 13.1 Å². The summed E-state index contributed by atoms with van der Waals surface area (Å²) in [6.45, 7) is 16.6. The van der Waals surface area contributed by atoms with Crippen LogP contribution in [0.2, 0.25) is 0 Å². The van der Waals surface area contributed by atoms with Crippen molar-refractivity contribution in [2.45, 2.75) is 106 Å². The molecular weight excluding hydrogens is 254 g/mol. The minimum absolute atomic E-state index is 0.615. The quantitative estimate of drug-likeness (QED) is 0.357. The highest BCUT2D eigenvalue weighted by atomic mass is 14.8. The average Bonchev–Trinajstić information content (AvgIpc) is 2.55. The second-order valence-corrected chi connectivity index (χ2v) is 7.08. The van der Waals surface area contributed by atoms with E-state index in [0.717, 1.165) is 0 Å². The van der Waals surface area contributed by atoms with Crippen LogP contribution in [0.15, 0.2) is 0 Å². The van der Waals surface area contributed by atoms with Gasteiger partial charge in [0.2, 0.25) is 0 Å². The highest BCUT2D eigenvalue weighted by molar-refractivity contribution is 4.76. The molecule has 0 unspecified atom stereocenters. The van der Waals surface area contributed by atoms with Gasteiger partial charge in [-0.1, -0.05) is 80.1 Å². The van der Waals surface area contributed by atoms with Crippen molar-refractivity contribution in [2.24, 2.45) is 10.8 Å². The predicted molar refractivity (Wildman–Crippen MR) is 97.9 cm³/mol. The monoisotopic (exact) mass is 297 g/mol.